The normalized spacial score (nSPS) is 15.4. The Kier molecular flexibility index (Phi) is 8.34. The molecule has 0 radical (unpaired) electrons. The summed E-state index contributed by atoms with van der Waals surface area (Å²) in [6.45, 7) is 11.9. The summed E-state index contributed by atoms with van der Waals surface area (Å²) < 4.78 is 16.9. The number of hydrogen-bond donors (Lipinski definition) is 0. The van der Waals surface area contributed by atoms with Crippen LogP contribution in [0.25, 0.3) is 0 Å². The molecular weight excluding hydrogens is 540 g/mol. The average Bonchev–Trinajstić information content (AvgIpc) is 3.55. The van der Waals surface area contributed by atoms with Gasteiger partial charge in [-0.25, -0.2) is 0 Å². The van der Waals surface area contributed by atoms with Crippen LogP contribution >= 0.6 is 0 Å². The maximum atomic E-state index is 12.7. The molecule has 0 N–H and O–H groups in total. The molecule has 0 bridgehead atoms. The molecule has 0 saturated carbocycles. The Hall–Kier alpha value is -2.78. The van der Waals surface area contributed by atoms with Gasteiger partial charge in [0.2, 0.25) is 0 Å². The number of carbonyl (C=O) groups excluding carboxylic acids is 2. The van der Waals surface area contributed by atoms with Gasteiger partial charge in [0.25, 0.3) is 0 Å². The molecule has 2 aromatic carbocycles. The fourth-order valence-electron chi connectivity index (χ4n) is 5.23. The molecule has 0 heterocycles. The Labute approximate surface area is 226 Å². The number of carbonyl (C=O) groups is 2. The molecule has 0 unspecified atom stereocenters. The van der Waals surface area contributed by atoms with Crippen LogP contribution in [0.5, 0.6) is 11.5 Å². The second kappa shape index (κ2) is 11.3. The van der Waals surface area contributed by atoms with Gasteiger partial charge in [0, 0.05) is 0 Å². The number of rotatable bonds is 10. The van der Waals surface area contributed by atoms with E-state index >= 15 is 0 Å². The number of Topliss-reactive ketones (excluding diaryl/α,β-unsaturated/α-hetero) is 2. The maximum absolute atomic E-state index is 12.7. The summed E-state index contributed by atoms with van der Waals surface area (Å²) in [6, 6.07) is 14.9. The minimum atomic E-state index is -4.58. The van der Waals surface area contributed by atoms with E-state index in [0.29, 0.717) is 22.6 Å². The number of benzene rings is 2. The van der Waals surface area contributed by atoms with Crippen LogP contribution in [0.4, 0.5) is 0 Å². The predicted molar refractivity (Wildman–Crippen MR) is 145 cm³/mol. The fourth-order valence-corrected chi connectivity index (χ4v) is 15.4. The van der Waals surface area contributed by atoms with Crippen molar-refractivity contribution < 1.29 is 36.4 Å². The van der Waals surface area contributed by atoms with Crippen LogP contribution in [-0.4, -0.2) is 11.6 Å². The molecule has 0 fully saturated rings. The van der Waals surface area contributed by atoms with Crippen LogP contribution in [0.2, 0.25) is 0 Å². The molecule has 192 valence electrons. The van der Waals surface area contributed by atoms with Crippen LogP contribution in [-0.2, 0) is 21.1 Å². The molecule has 0 aliphatic heterocycles. The number of ketones is 2. The second-order valence-corrected chi connectivity index (χ2v) is 17.3. The number of para-hydroxylation sites is 2. The topological polar surface area (TPSA) is 52.6 Å². The number of hydrogen-bond acceptors (Lipinski definition) is 4. The number of allylic oxidation sites excluding steroid dienone is 8. The van der Waals surface area contributed by atoms with Crippen LogP contribution < -0.4 is 5.63 Å². The van der Waals surface area contributed by atoms with Crippen molar-refractivity contribution in [3.8, 4) is 11.5 Å². The van der Waals surface area contributed by atoms with Gasteiger partial charge in [-0.3, -0.25) is 0 Å². The molecule has 0 saturated heterocycles. The first-order valence-corrected chi connectivity index (χ1v) is 17.5. The molecule has 2 aliphatic rings. The molecule has 0 aromatic heterocycles. The summed E-state index contributed by atoms with van der Waals surface area (Å²) in [4.78, 5) is 25.3. The summed E-state index contributed by atoms with van der Waals surface area (Å²) in [7, 11) is 0. The minimum absolute atomic E-state index is 0.0508. The summed E-state index contributed by atoms with van der Waals surface area (Å²) in [5.74, 6) is 1.56. The van der Waals surface area contributed by atoms with Crippen molar-refractivity contribution in [2.45, 2.75) is 54.4 Å². The Morgan fingerprint density at radius 3 is 1.41 bits per heavy atom. The van der Waals surface area contributed by atoms with Gasteiger partial charge < -0.3 is 0 Å². The van der Waals surface area contributed by atoms with Crippen LogP contribution in [0, 0.1) is 11.8 Å². The second-order valence-electron chi connectivity index (χ2n) is 10.3. The Morgan fingerprint density at radius 1 is 0.676 bits per heavy atom. The first-order chi connectivity index (χ1) is 17.7. The van der Waals surface area contributed by atoms with Gasteiger partial charge in [0.15, 0.2) is 0 Å². The van der Waals surface area contributed by atoms with E-state index in [1.807, 2.05) is 48.5 Å². The van der Waals surface area contributed by atoms with Crippen molar-refractivity contribution in [3.05, 3.63) is 102 Å². The summed E-state index contributed by atoms with van der Waals surface area (Å²) >= 11 is -4.58. The average molecular weight is 576 g/mol. The van der Waals surface area contributed by atoms with E-state index in [1.54, 1.807) is 13.8 Å². The molecule has 37 heavy (non-hydrogen) atoms. The van der Waals surface area contributed by atoms with Crippen molar-refractivity contribution in [1.29, 1.82) is 0 Å². The third kappa shape index (κ3) is 5.43. The van der Waals surface area contributed by atoms with Gasteiger partial charge in [-0.15, -0.1) is 0 Å². The standard InChI is InChI=1S/2C8H8O2.2C8H11.Zr/c2*1-6(9)7-4-2-3-5-8(7)10;2*1-7(2)8-5-3-4-6-8;/h2*2-5,10H,1H3;2*3,5,7H,4H2,1-2H3;/q;;;;+2/p-2. The van der Waals surface area contributed by atoms with E-state index in [-0.39, 0.29) is 23.4 Å². The monoisotopic (exact) mass is 574 g/mol. The third-order valence-corrected chi connectivity index (χ3v) is 15.8. The zero-order valence-corrected chi connectivity index (χ0v) is 25.1. The molecule has 0 atom stereocenters. The van der Waals surface area contributed by atoms with Gasteiger partial charge in [-0.05, 0) is 0 Å². The van der Waals surface area contributed by atoms with Gasteiger partial charge in [0.05, 0.1) is 0 Å². The van der Waals surface area contributed by atoms with Gasteiger partial charge in [0.1, 0.15) is 0 Å². The Morgan fingerprint density at radius 2 is 1.05 bits per heavy atom. The van der Waals surface area contributed by atoms with Gasteiger partial charge in [-0.1, -0.05) is 0 Å². The first-order valence-electron chi connectivity index (χ1n) is 13.0. The van der Waals surface area contributed by atoms with Gasteiger partial charge >= 0.3 is 227 Å². The van der Waals surface area contributed by atoms with Crippen LogP contribution in [0.15, 0.2) is 90.5 Å². The molecule has 4 rings (SSSR count). The molecule has 0 spiro atoms. The predicted octanol–water partition coefficient (Wildman–Crippen LogP) is 8.27. The van der Waals surface area contributed by atoms with Crippen molar-refractivity contribution in [2.24, 2.45) is 11.8 Å². The van der Waals surface area contributed by atoms with E-state index in [9.17, 15) is 9.59 Å². The zero-order chi connectivity index (χ0) is 26.7. The van der Waals surface area contributed by atoms with Crippen molar-refractivity contribution >= 4 is 11.6 Å². The SMILES string of the molecule is CC(=O)c1ccccc1[O][Zr]([O]c1ccccc1C(C)=O)([C]1=C(C(C)C)C=CC1)[C]1=C(C(C)C)C=CC1. The molecule has 2 aliphatic carbocycles. The molecule has 4 nitrogen and oxygen atoms in total. The van der Waals surface area contributed by atoms with E-state index in [1.165, 1.54) is 17.7 Å². The van der Waals surface area contributed by atoms with E-state index in [0.717, 1.165) is 12.8 Å². The van der Waals surface area contributed by atoms with Gasteiger partial charge in [-0.2, -0.15) is 0 Å². The van der Waals surface area contributed by atoms with Crippen LogP contribution in [0.1, 0.15) is 75.1 Å². The Bertz CT molecular complexity index is 1240. The van der Waals surface area contributed by atoms with Crippen LogP contribution in [0.3, 0.4) is 0 Å². The quantitative estimate of drug-likeness (QED) is 0.268. The van der Waals surface area contributed by atoms with E-state index in [2.05, 4.69) is 52.0 Å². The molecule has 2 aromatic rings. The zero-order valence-electron chi connectivity index (χ0n) is 22.6. The molecular formula is C32H36O4Zr. The summed E-state index contributed by atoms with van der Waals surface area (Å²) in [5.41, 5.74) is 3.56. The fraction of sp³-hybridized carbons (Fsp3) is 0.312. The first kappa shape index (κ1) is 27.3. The molecule has 0 amide bonds. The molecule has 5 heteroatoms. The summed E-state index contributed by atoms with van der Waals surface area (Å²) in [6.07, 6.45) is 10.3. The summed E-state index contributed by atoms with van der Waals surface area (Å²) in [5, 5.41) is 0. The van der Waals surface area contributed by atoms with Crippen molar-refractivity contribution in [1.82, 2.24) is 0 Å². The third-order valence-electron chi connectivity index (χ3n) is 7.01. The van der Waals surface area contributed by atoms with E-state index in [4.69, 9.17) is 5.63 Å². The van der Waals surface area contributed by atoms with E-state index < -0.39 is 21.1 Å². The Balaban J connectivity index is 2.06. The van der Waals surface area contributed by atoms with Crippen molar-refractivity contribution in [3.63, 3.8) is 0 Å². The van der Waals surface area contributed by atoms with Crippen molar-refractivity contribution in [2.75, 3.05) is 0 Å².